The minimum atomic E-state index is -0.664. The molecule has 1 aromatic rings. The fraction of sp³-hybridized carbons (Fsp3) is 0.571. The summed E-state index contributed by atoms with van der Waals surface area (Å²) in [5.74, 6) is 0. The van der Waals surface area contributed by atoms with Crippen molar-refractivity contribution in [1.82, 2.24) is 4.90 Å². The Balaban J connectivity index is 2.33. The Kier molecular flexibility index (Phi) is 3.31. The second-order valence-corrected chi connectivity index (χ2v) is 5.02. The molecule has 0 saturated heterocycles. The number of benzene rings is 1. The van der Waals surface area contributed by atoms with E-state index in [1.807, 2.05) is 30.3 Å². The second-order valence-electron chi connectivity index (χ2n) is 5.02. The van der Waals surface area contributed by atoms with Crippen molar-refractivity contribution in [1.29, 1.82) is 0 Å². The Morgan fingerprint density at radius 2 is 1.88 bits per heavy atom. The Labute approximate surface area is 97.9 Å². The zero-order valence-electron chi connectivity index (χ0n) is 10.2. The maximum Gasteiger partial charge on any atom is 0.105 e. The Morgan fingerprint density at radius 3 is 2.50 bits per heavy atom. The van der Waals surface area contributed by atoms with Crippen LogP contribution in [0.4, 0.5) is 0 Å². The van der Waals surface area contributed by atoms with E-state index in [0.717, 1.165) is 24.8 Å². The van der Waals surface area contributed by atoms with Gasteiger partial charge < -0.3 is 10.0 Å². The summed E-state index contributed by atoms with van der Waals surface area (Å²) in [5, 5.41) is 10.9. The topological polar surface area (TPSA) is 23.5 Å². The molecule has 1 saturated carbocycles. The number of hydrogen-bond donors (Lipinski definition) is 1. The Hall–Kier alpha value is -0.860. The van der Waals surface area contributed by atoms with E-state index in [1.54, 1.807) is 0 Å². The predicted molar refractivity (Wildman–Crippen MR) is 66.3 cm³/mol. The van der Waals surface area contributed by atoms with Crippen LogP contribution in [-0.2, 0) is 5.60 Å². The molecule has 2 unspecified atom stereocenters. The fourth-order valence-electron chi connectivity index (χ4n) is 2.89. The van der Waals surface area contributed by atoms with E-state index in [-0.39, 0.29) is 6.04 Å². The highest BCUT2D eigenvalue weighted by atomic mass is 16.3. The summed E-state index contributed by atoms with van der Waals surface area (Å²) in [6, 6.07) is 10.3. The molecule has 1 N–H and O–H groups in total. The number of aliphatic hydroxyl groups is 1. The summed E-state index contributed by atoms with van der Waals surface area (Å²) in [7, 11) is 4.12. The summed E-state index contributed by atoms with van der Waals surface area (Å²) < 4.78 is 0. The van der Waals surface area contributed by atoms with E-state index in [4.69, 9.17) is 0 Å². The Bertz CT molecular complexity index is 336. The largest absolute Gasteiger partial charge is 0.384 e. The first-order valence-corrected chi connectivity index (χ1v) is 6.09. The lowest BCUT2D eigenvalue weighted by Gasteiger charge is -2.43. The molecule has 2 heteroatoms. The van der Waals surface area contributed by atoms with Crippen molar-refractivity contribution in [3.05, 3.63) is 35.9 Å². The molecule has 0 radical (unpaired) electrons. The van der Waals surface area contributed by atoms with Gasteiger partial charge in [-0.2, -0.15) is 0 Å². The highest BCUT2D eigenvalue weighted by Gasteiger charge is 2.41. The highest BCUT2D eigenvalue weighted by molar-refractivity contribution is 5.25. The van der Waals surface area contributed by atoms with Crippen LogP contribution in [0.15, 0.2) is 30.3 Å². The first kappa shape index (κ1) is 11.6. The van der Waals surface area contributed by atoms with Crippen LogP contribution >= 0.6 is 0 Å². The van der Waals surface area contributed by atoms with Crippen LogP contribution in [0.25, 0.3) is 0 Å². The fourth-order valence-corrected chi connectivity index (χ4v) is 2.89. The van der Waals surface area contributed by atoms with Gasteiger partial charge in [-0.1, -0.05) is 43.2 Å². The summed E-state index contributed by atoms with van der Waals surface area (Å²) in [6.07, 6.45) is 4.30. The molecule has 0 bridgehead atoms. The molecule has 0 aromatic heterocycles. The van der Waals surface area contributed by atoms with Crippen LogP contribution in [0.1, 0.15) is 31.2 Å². The van der Waals surface area contributed by atoms with Gasteiger partial charge in [0.25, 0.3) is 0 Å². The smallest absolute Gasteiger partial charge is 0.105 e. The first-order chi connectivity index (χ1) is 7.64. The van der Waals surface area contributed by atoms with Crippen molar-refractivity contribution >= 4 is 0 Å². The van der Waals surface area contributed by atoms with Gasteiger partial charge >= 0.3 is 0 Å². The summed E-state index contributed by atoms with van der Waals surface area (Å²) >= 11 is 0. The summed E-state index contributed by atoms with van der Waals surface area (Å²) in [5.41, 5.74) is 0.400. The number of nitrogens with zero attached hydrogens (tertiary/aromatic N) is 1. The SMILES string of the molecule is CN(C)C1CCCCC1(O)c1ccccc1. The normalized spacial score (nSPS) is 30.6. The van der Waals surface area contributed by atoms with Crippen molar-refractivity contribution in [3.63, 3.8) is 0 Å². The van der Waals surface area contributed by atoms with Crippen LogP contribution < -0.4 is 0 Å². The van der Waals surface area contributed by atoms with Crippen LogP contribution in [0.5, 0.6) is 0 Å². The van der Waals surface area contributed by atoms with Crippen LogP contribution in [0.2, 0.25) is 0 Å². The van der Waals surface area contributed by atoms with E-state index < -0.39 is 5.60 Å². The van der Waals surface area contributed by atoms with Gasteiger partial charge in [0.1, 0.15) is 5.60 Å². The second kappa shape index (κ2) is 4.56. The van der Waals surface area contributed by atoms with Crippen LogP contribution in [0, 0.1) is 0 Å². The van der Waals surface area contributed by atoms with Crippen molar-refractivity contribution < 1.29 is 5.11 Å². The lowest BCUT2D eigenvalue weighted by Crippen LogP contribution is -2.49. The molecule has 0 amide bonds. The quantitative estimate of drug-likeness (QED) is 0.825. The average molecular weight is 219 g/mol. The third-order valence-corrected chi connectivity index (χ3v) is 3.73. The maximum absolute atomic E-state index is 10.9. The summed E-state index contributed by atoms with van der Waals surface area (Å²) in [4.78, 5) is 2.16. The van der Waals surface area contributed by atoms with E-state index in [0.29, 0.717) is 0 Å². The standard InChI is InChI=1S/C14H21NO/c1-15(2)13-10-6-7-11-14(13,16)12-8-4-3-5-9-12/h3-5,8-9,13,16H,6-7,10-11H2,1-2H3. The molecule has 0 heterocycles. The zero-order valence-corrected chi connectivity index (χ0v) is 10.2. The van der Waals surface area contributed by atoms with Crippen molar-refractivity contribution in [2.75, 3.05) is 14.1 Å². The van der Waals surface area contributed by atoms with E-state index in [1.165, 1.54) is 6.42 Å². The van der Waals surface area contributed by atoms with E-state index in [2.05, 4.69) is 19.0 Å². The van der Waals surface area contributed by atoms with Crippen molar-refractivity contribution in [2.45, 2.75) is 37.3 Å². The van der Waals surface area contributed by atoms with Crippen LogP contribution in [0.3, 0.4) is 0 Å². The molecule has 16 heavy (non-hydrogen) atoms. The van der Waals surface area contributed by atoms with E-state index in [9.17, 15) is 5.11 Å². The molecule has 2 nitrogen and oxygen atoms in total. The first-order valence-electron chi connectivity index (χ1n) is 6.09. The minimum Gasteiger partial charge on any atom is -0.384 e. The molecular formula is C14H21NO. The number of likely N-dealkylation sites (N-methyl/N-ethyl adjacent to an activating group) is 1. The van der Waals surface area contributed by atoms with Gasteiger partial charge in [0.15, 0.2) is 0 Å². The lowest BCUT2D eigenvalue weighted by atomic mass is 9.75. The molecule has 2 rings (SSSR count). The van der Waals surface area contributed by atoms with Gasteiger partial charge in [0.05, 0.1) is 0 Å². The highest BCUT2D eigenvalue weighted by Crippen LogP contribution is 2.39. The van der Waals surface area contributed by atoms with Crippen LogP contribution in [-0.4, -0.2) is 30.1 Å². The molecule has 1 aliphatic carbocycles. The molecule has 1 aromatic carbocycles. The molecule has 2 atom stereocenters. The van der Waals surface area contributed by atoms with E-state index >= 15 is 0 Å². The zero-order chi connectivity index (χ0) is 11.6. The van der Waals surface area contributed by atoms with Gasteiger partial charge in [0, 0.05) is 6.04 Å². The van der Waals surface area contributed by atoms with Gasteiger partial charge in [-0.3, -0.25) is 0 Å². The van der Waals surface area contributed by atoms with Crippen molar-refractivity contribution in [3.8, 4) is 0 Å². The lowest BCUT2D eigenvalue weighted by molar-refractivity contribution is -0.0662. The van der Waals surface area contributed by atoms with Gasteiger partial charge in [-0.05, 0) is 32.5 Å². The van der Waals surface area contributed by atoms with Gasteiger partial charge in [-0.15, -0.1) is 0 Å². The molecular weight excluding hydrogens is 198 g/mol. The third-order valence-electron chi connectivity index (χ3n) is 3.73. The van der Waals surface area contributed by atoms with Gasteiger partial charge in [0.2, 0.25) is 0 Å². The minimum absolute atomic E-state index is 0.239. The van der Waals surface area contributed by atoms with Crippen molar-refractivity contribution in [2.24, 2.45) is 0 Å². The molecule has 0 spiro atoms. The number of rotatable bonds is 2. The average Bonchev–Trinajstić information content (AvgIpc) is 2.30. The molecule has 1 aliphatic rings. The van der Waals surface area contributed by atoms with Gasteiger partial charge in [-0.25, -0.2) is 0 Å². The predicted octanol–water partition coefficient (Wildman–Crippen LogP) is 2.38. The Morgan fingerprint density at radius 1 is 1.19 bits per heavy atom. The molecule has 1 fully saturated rings. The maximum atomic E-state index is 10.9. The summed E-state index contributed by atoms with van der Waals surface area (Å²) in [6.45, 7) is 0. The monoisotopic (exact) mass is 219 g/mol. The third kappa shape index (κ3) is 2.00. The molecule has 88 valence electrons. The molecule has 0 aliphatic heterocycles. The number of hydrogen-bond acceptors (Lipinski definition) is 2.